The van der Waals surface area contributed by atoms with Crippen LogP contribution in [0.25, 0.3) is 10.9 Å². The number of para-hydroxylation sites is 1. The second kappa shape index (κ2) is 5.54. The molecule has 1 aromatic heterocycles. The fourth-order valence-electron chi connectivity index (χ4n) is 2.09. The number of amides is 1. The Bertz CT molecular complexity index is 828. The average molecular weight is 343 g/mol. The average Bonchev–Trinajstić information content (AvgIpc) is 2.47. The van der Waals surface area contributed by atoms with E-state index in [-0.39, 0.29) is 17.2 Å². The Morgan fingerprint density at radius 2 is 1.95 bits per heavy atom. The molecule has 0 radical (unpaired) electrons. The third-order valence-electron chi connectivity index (χ3n) is 3.09. The highest BCUT2D eigenvalue weighted by molar-refractivity contribution is 9.10. The number of aromatic hydroxyl groups is 1. The first kappa shape index (κ1) is 13.6. The van der Waals surface area contributed by atoms with Crippen molar-refractivity contribution < 1.29 is 9.90 Å². The number of phenols is 1. The fourth-order valence-corrected chi connectivity index (χ4v) is 2.44. The summed E-state index contributed by atoms with van der Waals surface area (Å²) in [5.74, 6) is -0.451. The first-order valence-electron chi connectivity index (χ1n) is 6.29. The minimum atomic E-state index is -0.377. The number of phenolic OH excluding ortho intramolecular Hbond substituents is 1. The lowest BCUT2D eigenvalue weighted by atomic mass is 10.1. The molecular formula is C16H11BrN2O2. The number of nitrogens with zero attached hydrogens (tertiary/aromatic N) is 1. The molecule has 21 heavy (non-hydrogen) atoms. The smallest absolute Gasteiger partial charge is 0.259 e. The maximum absolute atomic E-state index is 12.3. The van der Waals surface area contributed by atoms with E-state index >= 15 is 0 Å². The molecule has 1 amide bonds. The number of pyridine rings is 1. The number of nitrogens with one attached hydrogen (secondary N) is 1. The van der Waals surface area contributed by atoms with Gasteiger partial charge in [0.25, 0.3) is 5.91 Å². The topological polar surface area (TPSA) is 62.2 Å². The number of fused-ring (bicyclic) bond motifs is 1. The molecular weight excluding hydrogens is 332 g/mol. The number of carbonyl (C=O) groups is 1. The monoisotopic (exact) mass is 342 g/mol. The van der Waals surface area contributed by atoms with Crippen LogP contribution in [0.5, 0.6) is 5.75 Å². The van der Waals surface area contributed by atoms with Crippen molar-refractivity contribution in [1.82, 2.24) is 4.98 Å². The lowest BCUT2D eigenvalue weighted by Crippen LogP contribution is -2.12. The number of hydrogen-bond donors (Lipinski definition) is 2. The van der Waals surface area contributed by atoms with E-state index in [0.29, 0.717) is 15.7 Å². The zero-order chi connectivity index (χ0) is 14.8. The summed E-state index contributed by atoms with van der Waals surface area (Å²) in [6.07, 6.45) is 1.68. The van der Waals surface area contributed by atoms with Gasteiger partial charge in [-0.25, -0.2) is 0 Å². The van der Waals surface area contributed by atoms with Gasteiger partial charge in [0.15, 0.2) is 0 Å². The van der Waals surface area contributed by atoms with Gasteiger partial charge in [-0.1, -0.05) is 34.1 Å². The Hall–Kier alpha value is -2.40. The standard InChI is InChI=1S/C16H11BrN2O2/c17-11-6-7-12(14(20)9-11)16(21)19-13-5-1-3-10-4-2-8-18-15(10)13/h1-9,20H,(H,19,21). The maximum atomic E-state index is 12.3. The van der Waals surface area contributed by atoms with Gasteiger partial charge in [-0.05, 0) is 30.3 Å². The lowest BCUT2D eigenvalue weighted by molar-refractivity contribution is 0.102. The van der Waals surface area contributed by atoms with Crippen molar-refractivity contribution in [2.24, 2.45) is 0 Å². The summed E-state index contributed by atoms with van der Waals surface area (Å²) in [4.78, 5) is 16.6. The quantitative estimate of drug-likeness (QED) is 0.741. The second-order valence-corrected chi connectivity index (χ2v) is 5.41. The number of halogens is 1. The molecule has 0 aliphatic rings. The zero-order valence-electron chi connectivity index (χ0n) is 10.9. The first-order valence-corrected chi connectivity index (χ1v) is 7.08. The predicted octanol–water partition coefficient (Wildman–Crippen LogP) is 3.96. The molecule has 0 unspecified atom stereocenters. The van der Waals surface area contributed by atoms with Crippen molar-refractivity contribution in [3.8, 4) is 5.75 Å². The summed E-state index contributed by atoms with van der Waals surface area (Å²) >= 11 is 3.24. The van der Waals surface area contributed by atoms with Crippen LogP contribution in [0.15, 0.2) is 59.2 Å². The highest BCUT2D eigenvalue weighted by atomic mass is 79.9. The minimum absolute atomic E-state index is 0.0740. The summed E-state index contributed by atoms with van der Waals surface area (Å²) in [7, 11) is 0. The van der Waals surface area contributed by atoms with Gasteiger partial charge in [0.2, 0.25) is 0 Å². The van der Waals surface area contributed by atoms with Crippen molar-refractivity contribution in [2.75, 3.05) is 5.32 Å². The summed E-state index contributed by atoms with van der Waals surface area (Å²) < 4.78 is 0.711. The van der Waals surface area contributed by atoms with E-state index in [0.717, 1.165) is 5.39 Å². The summed E-state index contributed by atoms with van der Waals surface area (Å²) in [5.41, 5.74) is 1.54. The normalized spacial score (nSPS) is 10.5. The molecule has 0 bridgehead atoms. The third-order valence-corrected chi connectivity index (χ3v) is 3.58. The van der Waals surface area contributed by atoms with Crippen molar-refractivity contribution in [2.45, 2.75) is 0 Å². The largest absolute Gasteiger partial charge is 0.507 e. The van der Waals surface area contributed by atoms with Crippen LogP contribution in [0, 0.1) is 0 Å². The van der Waals surface area contributed by atoms with Gasteiger partial charge < -0.3 is 10.4 Å². The molecule has 0 fully saturated rings. The van der Waals surface area contributed by atoms with Crippen LogP contribution in [0.4, 0.5) is 5.69 Å². The van der Waals surface area contributed by atoms with Crippen molar-refractivity contribution in [3.63, 3.8) is 0 Å². The molecule has 2 N–H and O–H groups in total. The molecule has 3 rings (SSSR count). The number of anilines is 1. The molecule has 104 valence electrons. The Labute approximate surface area is 129 Å². The van der Waals surface area contributed by atoms with E-state index in [4.69, 9.17) is 0 Å². The van der Waals surface area contributed by atoms with Gasteiger partial charge in [0.05, 0.1) is 16.8 Å². The molecule has 4 nitrogen and oxygen atoms in total. The summed E-state index contributed by atoms with van der Waals surface area (Å²) in [5, 5.41) is 13.6. The third kappa shape index (κ3) is 2.73. The van der Waals surface area contributed by atoms with E-state index < -0.39 is 0 Å². The Morgan fingerprint density at radius 3 is 2.76 bits per heavy atom. The number of hydrogen-bond acceptors (Lipinski definition) is 3. The molecule has 3 aromatic rings. The van der Waals surface area contributed by atoms with Crippen LogP contribution in [-0.2, 0) is 0 Å². The van der Waals surface area contributed by atoms with Crippen LogP contribution in [0.3, 0.4) is 0 Å². The highest BCUT2D eigenvalue weighted by Gasteiger charge is 2.13. The molecule has 1 heterocycles. The molecule has 0 saturated carbocycles. The molecule has 5 heteroatoms. The van der Waals surface area contributed by atoms with Gasteiger partial charge >= 0.3 is 0 Å². The maximum Gasteiger partial charge on any atom is 0.259 e. The fraction of sp³-hybridized carbons (Fsp3) is 0. The molecule has 0 saturated heterocycles. The number of carbonyl (C=O) groups excluding carboxylic acids is 1. The number of benzene rings is 2. The lowest BCUT2D eigenvalue weighted by Gasteiger charge is -2.09. The first-order chi connectivity index (χ1) is 10.1. The molecule has 0 atom stereocenters. The minimum Gasteiger partial charge on any atom is -0.507 e. The van der Waals surface area contributed by atoms with E-state index in [1.165, 1.54) is 6.07 Å². The van der Waals surface area contributed by atoms with Crippen LogP contribution in [0.2, 0.25) is 0 Å². The number of aromatic nitrogens is 1. The Kier molecular flexibility index (Phi) is 3.58. The molecule has 0 spiro atoms. The van der Waals surface area contributed by atoms with Crippen LogP contribution >= 0.6 is 15.9 Å². The van der Waals surface area contributed by atoms with E-state index in [2.05, 4.69) is 26.2 Å². The molecule has 0 aliphatic heterocycles. The van der Waals surface area contributed by atoms with Gasteiger partial charge in [0.1, 0.15) is 5.75 Å². The predicted molar refractivity (Wildman–Crippen MR) is 85.5 cm³/mol. The summed E-state index contributed by atoms with van der Waals surface area (Å²) in [6.45, 7) is 0. The second-order valence-electron chi connectivity index (χ2n) is 4.50. The molecule has 2 aromatic carbocycles. The zero-order valence-corrected chi connectivity index (χ0v) is 12.5. The van der Waals surface area contributed by atoms with Gasteiger partial charge in [-0.3, -0.25) is 9.78 Å². The van der Waals surface area contributed by atoms with E-state index in [9.17, 15) is 9.90 Å². The summed E-state index contributed by atoms with van der Waals surface area (Å²) in [6, 6.07) is 14.1. The highest BCUT2D eigenvalue weighted by Crippen LogP contribution is 2.25. The Morgan fingerprint density at radius 1 is 1.14 bits per heavy atom. The SMILES string of the molecule is O=C(Nc1cccc2cccnc12)c1ccc(Br)cc1O. The van der Waals surface area contributed by atoms with Crippen LogP contribution in [0.1, 0.15) is 10.4 Å². The van der Waals surface area contributed by atoms with E-state index in [1.54, 1.807) is 24.4 Å². The van der Waals surface area contributed by atoms with Crippen molar-refractivity contribution in [3.05, 3.63) is 64.8 Å². The van der Waals surface area contributed by atoms with Gasteiger partial charge in [0, 0.05) is 16.1 Å². The number of rotatable bonds is 2. The Balaban J connectivity index is 1.97. The van der Waals surface area contributed by atoms with Gasteiger partial charge in [-0.15, -0.1) is 0 Å². The van der Waals surface area contributed by atoms with E-state index in [1.807, 2.05) is 24.3 Å². The molecule has 0 aliphatic carbocycles. The van der Waals surface area contributed by atoms with Crippen molar-refractivity contribution >= 4 is 38.4 Å². The van der Waals surface area contributed by atoms with Gasteiger partial charge in [-0.2, -0.15) is 0 Å². The van der Waals surface area contributed by atoms with Crippen molar-refractivity contribution in [1.29, 1.82) is 0 Å². The van der Waals surface area contributed by atoms with Crippen LogP contribution in [-0.4, -0.2) is 16.0 Å². The van der Waals surface area contributed by atoms with Crippen LogP contribution < -0.4 is 5.32 Å².